The SMILES string of the molecule is C=CN.C=S(C)(=O)Nc1cc(C(C)(C)C)cc(N(N)c2ccc(Cc3ccnc(C)n3)c3ccccc23)c1OC.CCC. The first-order valence-corrected chi connectivity index (χ1v) is 16.3. The number of hydrogen-bond acceptors (Lipinski definition) is 7. The molecule has 4 aromatic rings. The van der Waals surface area contributed by atoms with Gasteiger partial charge in [0, 0.05) is 39.7 Å². The first-order chi connectivity index (χ1) is 20.2. The second kappa shape index (κ2) is 15.4. The van der Waals surface area contributed by atoms with Gasteiger partial charge in [-0.3, -0.25) is 5.01 Å². The van der Waals surface area contributed by atoms with Crippen LogP contribution in [0.1, 0.15) is 63.7 Å². The summed E-state index contributed by atoms with van der Waals surface area (Å²) in [5.41, 5.74) is 9.61. The zero-order valence-corrected chi connectivity index (χ0v) is 27.7. The molecule has 3 aromatic carbocycles. The van der Waals surface area contributed by atoms with Crippen LogP contribution in [-0.2, 0) is 21.5 Å². The number of hydrazine groups is 1. The van der Waals surface area contributed by atoms with E-state index in [0.717, 1.165) is 39.1 Å². The molecule has 1 atom stereocenters. The molecule has 0 spiro atoms. The van der Waals surface area contributed by atoms with Gasteiger partial charge in [0.15, 0.2) is 5.75 Å². The Morgan fingerprint density at radius 3 is 2.21 bits per heavy atom. The Kier molecular flexibility index (Phi) is 12.6. The molecule has 0 bridgehead atoms. The normalized spacial score (nSPS) is 12.1. The third-order valence-corrected chi connectivity index (χ3v) is 6.83. The van der Waals surface area contributed by atoms with Gasteiger partial charge in [-0.1, -0.05) is 78.0 Å². The van der Waals surface area contributed by atoms with Crippen molar-refractivity contribution >= 4 is 43.4 Å². The molecule has 0 amide bonds. The molecule has 1 aromatic heterocycles. The highest BCUT2D eigenvalue weighted by Crippen LogP contribution is 2.43. The van der Waals surface area contributed by atoms with Crippen molar-refractivity contribution in [2.24, 2.45) is 11.6 Å². The fourth-order valence-electron chi connectivity index (χ4n) is 4.39. The summed E-state index contributed by atoms with van der Waals surface area (Å²) in [5.74, 6) is 11.9. The molecule has 0 aliphatic heterocycles. The highest BCUT2D eigenvalue weighted by molar-refractivity contribution is 8.00. The summed E-state index contributed by atoms with van der Waals surface area (Å²) in [6.45, 7) is 15.6. The number of nitrogens with two attached hydrogens (primary N) is 2. The van der Waals surface area contributed by atoms with E-state index in [1.54, 1.807) is 24.6 Å². The van der Waals surface area contributed by atoms with Gasteiger partial charge in [0.2, 0.25) is 0 Å². The maximum atomic E-state index is 12.6. The van der Waals surface area contributed by atoms with Crippen molar-refractivity contribution in [3.05, 3.63) is 96.2 Å². The van der Waals surface area contributed by atoms with Crippen molar-refractivity contribution in [3.63, 3.8) is 0 Å². The second-order valence-corrected chi connectivity index (χ2v) is 13.5. The number of aromatic nitrogens is 2. The van der Waals surface area contributed by atoms with E-state index in [9.17, 15) is 4.21 Å². The van der Waals surface area contributed by atoms with E-state index in [1.807, 2.05) is 43.3 Å². The molecule has 1 unspecified atom stereocenters. The summed E-state index contributed by atoms with van der Waals surface area (Å²) in [5, 5.41) is 3.73. The summed E-state index contributed by atoms with van der Waals surface area (Å²) >= 11 is 0. The summed E-state index contributed by atoms with van der Waals surface area (Å²) in [4.78, 5) is 8.79. The molecule has 9 heteroatoms. The molecule has 0 aliphatic carbocycles. The number of ether oxygens (including phenoxy) is 1. The van der Waals surface area contributed by atoms with Crippen LogP contribution in [0.4, 0.5) is 17.1 Å². The second-order valence-electron chi connectivity index (χ2n) is 11.3. The van der Waals surface area contributed by atoms with Crippen molar-refractivity contribution < 1.29 is 8.95 Å². The Hall–Kier alpha value is -4.08. The van der Waals surface area contributed by atoms with Crippen molar-refractivity contribution in [3.8, 4) is 5.75 Å². The van der Waals surface area contributed by atoms with Crippen LogP contribution in [0.3, 0.4) is 0 Å². The van der Waals surface area contributed by atoms with Crippen LogP contribution in [0, 0.1) is 6.92 Å². The smallest absolute Gasteiger partial charge is 0.167 e. The lowest BCUT2D eigenvalue weighted by Gasteiger charge is -2.29. The number of nitrogens with zero attached hydrogens (tertiary/aromatic N) is 3. The Bertz CT molecular complexity index is 1630. The van der Waals surface area contributed by atoms with Gasteiger partial charge in [0.25, 0.3) is 0 Å². The average molecular weight is 605 g/mol. The number of aryl methyl sites for hydroxylation is 1. The predicted molar refractivity (Wildman–Crippen MR) is 187 cm³/mol. The number of methoxy groups -OCH3 is 1. The molecule has 0 fully saturated rings. The lowest BCUT2D eigenvalue weighted by atomic mass is 9.86. The van der Waals surface area contributed by atoms with E-state index in [1.165, 1.54) is 12.6 Å². The molecule has 5 N–H and O–H groups in total. The minimum Gasteiger partial charge on any atom is -0.492 e. The van der Waals surface area contributed by atoms with E-state index >= 15 is 0 Å². The minimum atomic E-state index is -2.55. The summed E-state index contributed by atoms with van der Waals surface area (Å²) in [6, 6.07) is 18.2. The molecule has 0 aliphatic rings. The van der Waals surface area contributed by atoms with E-state index in [2.05, 4.69) is 85.7 Å². The largest absolute Gasteiger partial charge is 0.492 e. The first-order valence-electron chi connectivity index (χ1n) is 14.2. The van der Waals surface area contributed by atoms with Crippen LogP contribution in [-0.4, -0.2) is 33.4 Å². The fourth-order valence-corrected chi connectivity index (χ4v) is 5.00. The lowest BCUT2D eigenvalue weighted by molar-refractivity contribution is 0.417. The molecule has 0 saturated carbocycles. The van der Waals surface area contributed by atoms with E-state index in [-0.39, 0.29) is 5.41 Å². The molecule has 232 valence electrons. The topological polar surface area (TPSA) is 119 Å². The highest BCUT2D eigenvalue weighted by atomic mass is 32.2. The van der Waals surface area contributed by atoms with Crippen molar-refractivity contribution in [1.29, 1.82) is 0 Å². The van der Waals surface area contributed by atoms with Gasteiger partial charge in [0.1, 0.15) is 11.5 Å². The average Bonchev–Trinajstić information content (AvgIpc) is 2.92. The van der Waals surface area contributed by atoms with Crippen molar-refractivity contribution in [2.75, 3.05) is 23.1 Å². The molecule has 1 heterocycles. The van der Waals surface area contributed by atoms with Crippen LogP contribution < -0.4 is 26.0 Å². The molecule has 0 radical (unpaired) electrons. The van der Waals surface area contributed by atoms with Crippen LogP contribution in [0.25, 0.3) is 10.8 Å². The number of hydrogen-bond donors (Lipinski definition) is 3. The standard InChI is InChI=1S/C29H35N5O2S.C3H8.C2H5N/c1-19-31-15-14-22(32-19)16-20-12-13-26(24-11-9-8-10-23(20)24)34(30)27-18-21(29(2,3)4)17-25(28(27)36-5)33-37(6,7)35;1-3-2;1-2-3/h8-15,17-18H,6,16,30H2,1-5,7H3,(H,33,35);3H2,1-2H3;2H,1,3H2. The molecule has 4 rings (SSSR count). The Labute approximate surface area is 258 Å². The van der Waals surface area contributed by atoms with Gasteiger partial charge < -0.3 is 15.2 Å². The first kappa shape index (κ1) is 35.1. The lowest BCUT2D eigenvalue weighted by Crippen LogP contribution is -2.27. The van der Waals surface area contributed by atoms with E-state index < -0.39 is 9.71 Å². The maximum absolute atomic E-state index is 12.6. The quantitative estimate of drug-likeness (QED) is 0.118. The van der Waals surface area contributed by atoms with Gasteiger partial charge in [0.05, 0.1) is 18.5 Å². The van der Waals surface area contributed by atoms with Crippen LogP contribution >= 0.6 is 0 Å². The Morgan fingerprint density at radius 2 is 1.67 bits per heavy atom. The maximum Gasteiger partial charge on any atom is 0.167 e. The van der Waals surface area contributed by atoms with Gasteiger partial charge in [-0.05, 0) is 65.2 Å². The molecule has 43 heavy (non-hydrogen) atoms. The number of anilines is 3. The molecule has 8 nitrogen and oxygen atoms in total. The van der Waals surface area contributed by atoms with Gasteiger partial charge >= 0.3 is 0 Å². The third kappa shape index (κ3) is 9.73. The molecular weight excluding hydrogens is 556 g/mol. The number of fused-ring (bicyclic) bond motifs is 1. The molecule has 0 saturated heterocycles. The predicted octanol–water partition coefficient (Wildman–Crippen LogP) is 7.02. The van der Waals surface area contributed by atoms with E-state index in [0.29, 0.717) is 23.5 Å². The van der Waals surface area contributed by atoms with E-state index in [4.69, 9.17) is 10.6 Å². The van der Waals surface area contributed by atoms with Crippen molar-refractivity contribution in [2.45, 2.75) is 59.8 Å². The number of benzene rings is 3. The zero-order valence-electron chi connectivity index (χ0n) is 26.9. The minimum absolute atomic E-state index is 0.185. The Balaban J connectivity index is 0.000000992. The summed E-state index contributed by atoms with van der Waals surface area (Å²) in [6.07, 6.45) is 6.53. The highest BCUT2D eigenvalue weighted by Gasteiger charge is 2.24. The monoisotopic (exact) mass is 604 g/mol. The third-order valence-electron chi connectivity index (χ3n) is 6.18. The van der Waals surface area contributed by atoms with Gasteiger partial charge in [-0.2, -0.15) is 0 Å². The fraction of sp³-hybridized carbons (Fsp3) is 0.324. The molecular formula is C34H48N6O2S. The van der Waals surface area contributed by atoms with Crippen molar-refractivity contribution in [1.82, 2.24) is 9.97 Å². The van der Waals surface area contributed by atoms with Gasteiger partial charge in [-0.15, -0.1) is 0 Å². The summed E-state index contributed by atoms with van der Waals surface area (Å²) in [7, 11) is -0.969. The number of nitrogens with one attached hydrogen (secondary N) is 1. The zero-order chi connectivity index (χ0) is 32.4. The number of rotatable bonds is 7. The Morgan fingerprint density at radius 1 is 1.07 bits per heavy atom. The van der Waals surface area contributed by atoms with Gasteiger partial charge in [-0.25, -0.2) is 20.0 Å². The van der Waals surface area contributed by atoms with Crippen LogP contribution in [0.2, 0.25) is 0 Å². The van der Waals surface area contributed by atoms with Crippen LogP contribution in [0.5, 0.6) is 5.75 Å². The summed E-state index contributed by atoms with van der Waals surface area (Å²) < 4.78 is 21.4. The van der Waals surface area contributed by atoms with Crippen LogP contribution in [0.15, 0.2) is 73.6 Å².